The van der Waals surface area contributed by atoms with Gasteiger partial charge in [0.1, 0.15) is 5.39 Å². The van der Waals surface area contributed by atoms with Gasteiger partial charge in [-0.15, -0.1) is 0 Å². The average molecular weight is 366 g/mol. The summed E-state index contributed by atoms with van der Waals surface area (Å²) in [7, 11) is 0. The number of thioether (sulfide) groups is 1. The predicted molar refractivity (Wildman–Crippen MR) is 90.4 cm³/mol. The summed E-state index contributed by atoms with van der Waals surface area (Å²) in [6.45, 7) is 3.91. The zero-order valence-electron chi connectivity index (χ0n) is 13.7. The van der Waals surface area contributed by atoms with Crippen molar-refractivity contribution in [1.82, 2.24) is 30.0 Å². The summed E-state index contributed by atoms with van der Waals surface area (Å²) in [5, 5.41) is 7.15. The van der Waals surface area contributed by atoms with Crippen LogP contribution in [0.4, 0.5) is 4.79 Å². The Morgan fingerprint density at radius 2 is 2.00 bits per heavy atom. The van der Waals surface area contributed by atoms with Crippen LogP contribution < -0.4 is 5.56 Å². The van der Waals surface area contributed by atoms with Crippen molar-refractivity contribution in [1.29, 1.82) is 0 Å². The lowest BCUT2D eigenvalue weighted by atomic mass is 10.3. The van der Waals surface area contributed by atoms with Gasteiger partial charge in [-0.25, -0.2) is 9.78 Å². The van der Waals surface area contributed by atoms with Gasteiger partial charge < -0.3 is 19.5 Å². The predicted octanol–water partition coefficient (Wildman–Crippen LogP) is 0.0390. The molecule has 10 nitrogen and oxygen atoms in total. The van der Waals surface area contributed by atoms with Crippen LogP contribution in [0.1, 0.15) is 6.92 Å². The van der Waals surface area contributed by atoms with Crippen molar-refractivity contribution in [2.24, 2.45) is 0 Å². The van der Waals surface area contributed by atoms with Crippen LogP contribution in [-0.2, 0) is 9.53 Å². The van der Waals surface area contributed by atoms with E-state index in [1.165, 1.54) is 6.20 Å². The average Bonchev–Trinajstić information content (AvgIpc) is 3.09. The maximum atomic E-state index is 12.3. The molecule has 0 radical (unpaired) electrons. The molecule has 0 aromatic carbocycles. The maximum Gasteiger partial charge on any atom is 0.409 e. The minimum atomic E-state index is -0.349. The molecule has 0 unspecified atom stereocenters. The number of carbonyl (C=O) groups is 2. The van der Waals surface area contributed by atoms with E-state index in [-0.39, 0.29) is 23.3 Å². The van der Waals surface area contributed by atoms with Gasteiger partial charge in [-0.1, -0.05) is 11.8 Å². The Morgan fingerprint density at radius 1 is 1.28 bits per heavy atom. The zero-order valence-corrected chi connectivity index (χ0v) is 14.5. The van der Waals surface area contributed by atoms with Crippen LogP contribution in [0.5, 0.6) is 0 Å². The minimum absolute atomic E-state index is 0.0686. The zero-order chi connectivity index (χ0) is 17.8. The van der Waals surface area contributed by atoms with Gasteiger partial charge in [0, 0.05) is 26.2 Å². The lowest BCUT2D eigenvalue weighted by Gasteiger charge is -2.34. The molecule has 0 spiro atoms. The molecule has 2 N–H and O–H groups in total. The number of fused-ring (bicyclic) bond motifs is 1. The maximum absolute atomic E-state index is 12.3. The van der Waals surface area contributed by atoms with Crippen molar-refractivity contribution in [2.75, 3.05) is 38.5 Å². The molecule has 3 rings (SSSR count). The largest absolute Gasteiger partial charge is 0.450 e. The number of nitrogens with zero attached hydrogens (tertiary/aromatic N) is 4. The summed E-state index contributed by atoms with van der Waals surface area (Å²) in [6.07, 6.45) is 1.06. The smallest absolute Gasteiger partial charge is 0.409 e. The summed E-state index contributed by atoms with van der Waals surface area (Å²) in [5.41, 5.74) is 0.0958. The second-order valence-corrected chi connectivity index (χ2v) is 6.32. The molecule has 1 aliphatic rings. The monoisotopic (exact) mass is 366 g/mol. The molecule has 1 fully saturated rings. The SMILES string of the molecule is CCOC(=O)N1CCN(C(=O)CSc2nc3[nH]ncc3c(=O)[nH]2)CC1. The quantitative estimate of drug-likeness (QED) is 0.578. The van der Waals surface area contributed by atoms with Gasteiger partial charge in [-0.2, -0.15) is 5.10 Å². The standard InChI is InChI=1S/C14H18N6O4S/c1-2-24-14(23)20-5-3-19(4-6-20)10(21)8-25-13-16-11-9(7-15-18-11)12(22)17-13/h7H,2-6,8H2,1H3,(H2,15,16,17,18,22). The number of rotatable bonds is 4. The molecule has 134 valence electrons. The van der Waals surface area contributed by atoms with Gasteiger partial charge in [0.05, 0.1) is 18.6 Å². The molecule has 0 atom stereocenters. The summed E-state index contributed by atoms with van der Waals surface area (Å²) in [4.78, 5) is 45.9. The third-order valence-electron chi connectivity index (χ3n) is 3.79. The highest BCUT2D eigenvalue weighted by Crippen LogP contribution is 2.15. The normalized spacial score (nSPS) is 14.8. The lowest BCUT2D eigenvalue weighted by Crippen LogP contribution is -2.51. The van der Waals surface area contributed by atoms with Gasteiger partial charge in [-0.3, -0.25) is 14.7 Å². The van der Waals surface area contributed by atoms with Crippen LogP contribution in [-0.4, -0.2) is 80.5 Å². The van der Waals surface area contributed by atoms with Crippen LogP contribution in [0.15, 0.2) is 16.1 Å². The molecule has 25 heavy (non-hydrogen) atoms. The molecule has 2 amide bonds. The number of aromatic amines is 2. The Bertz CT molecular complexity index is 826. The summed E-state index contributed by atoms with van der Waals surface area (Å²) in [6, 6.07) is 0. The molecule has 0 bridgehead atoms. The van der Waals surface area contributed by atoms with Crippen molar-refractivity contribution in [3.8, 4) is 0 Å². The first-order valence-corrected chi connectivity index (χ1v) is 8.82. The van der Waals surface area contributed by atoms with E-state index in [0.29, 0.717) is 49.0 Å². The minimum Gasteiger partial charge on any atom is -0.450 e. The molecule has 2 aromatic heterocycles. The van der Waals surface area contributed by atoms with E-state index in [4.69, 9.17) is 4.74 Å². The molecule has 2 aromatic rings. The molecule has 0 aliphatic carbocycles. The van der Waals surface area contributed by atoms with Gasteiger partial charge in [0.25, 0.3) is 5.56 Å². The number of aromatic nitrogens is 4. The third kappa shape index (κ3) is 3.92. The number of nitrogens with one attached hydrogen (secondary N) is 2. The van der Waals surface area contributed by atoms with Crippen LogP contribution in [0, 0.1) is 0 Å². The van der Waals surface area contributed by atoms with Gasteiger partial charge in [-0.05, 0) is 6.92 Å². The first-order chi connectivity index (χ1) is 12.1. The summed E-state index contributed by atoms with van der Waals surface area (Å²) < 4.78 is 4.95. The van der Waals surface area contributed by atoms with Crippen molar-refractivity contribution < 1.29 is 14.3 Å². The summed E-state index contributed by atoms with van der Waals surface area (Å²) in [5.74, 6) is 0.0861. The topological polar surface area (TPSA) is 124 Å². The number of piperazine rings is 1. The van der Waals surface area contributed by atoms with E-state index in [2.05, 4.69) is 20.2 Å². The molecule has 1 aliphatic heterocycles. The van der Waals surface area contributed by atoms with Gasteiger partial charge >= 0.3 is 6.09 Å². The highest BCUT2D eigenvalue weighted by atomic mass is 32.2. The first kappa shape index (κ1) is 17.3. The molecule has 1 saturated heterocycles. The van der Waals surface area contributed by atoms with Crippen molar-refractivity contribution in [3.63, 3.8) is 0 Å². The Hall–Kier alpha value is -2.56. The van der Waals surface area contributed by atoms with Crippen LogP contribution in [0.25, 0.3) is 11.0 Å². The number of hydrogen-bond donors (Lipinski definition) is 2. The molecule has 11 heteroatoms. The van der Waals surface area contributed by atoms with Crippen molar-refractivity contribution >= 4 is 34.8 Å². The third-order valence-corrected chi connectivity index (χ3v) is 4.65. The van der Waals surface area contributed by atoms with E-state index < -0.39 is 0 Å². The fourth-order valence-corrected chi connectivity index (χ4v) is 3.23. The van der Waals surface area contributed by atoms with E-state index in [0.717, 1.165) is 11.8 Å². The Balaban J connectivity index is 1.52. The fourth-order valence-electron chi connectivity index (χ4n) is 2.47. The van der Waals surface area contributed by atoms with Gasteiger partial charge in [0.2, 0.25) is 5.91 Å². The fraction of sp³-hybridized carbons (Fsp3) is 0.500. The van der Waals surface area contributed by atoms with E-state index in [1.54, 1.807) is 16.7 Å². The van der Waals surface area contributed by atoms with Crippen molar-refractivity contribution in [2.45, 2.75) is 12.1 Å². The number of carbonyl (C=O) groups excluding carboxylic acids is 2. The van der Waals surface area contributed by atoms with Crippen LogP contribution in [0.3, 0.4) is 0 Å². The van der Waals surface area contributed by atoms with Crippen LogP contribution in [0.2, 0.25) is 0 Å². The number of hydrogen-bond acceptors (Lipinski definition) is 7. The molecule has 3 heterocycles. The van der Waals surface area contributed by atoms with Gasteiger partial charge in [0.15, 0.2) is 10.8 Å². The highest BCUT2D eigenvalue weighted by Gasteiger charge is 2.24. The van der Waals surface area contributed by atoms with E-state index in [1.807, 2.05) is 0 Å². The van der Waals surface area contributed by atoms with E-state index >= 15 is 0 Å². The highest BCUT2D eigenvalue weighted by molar-refractivity contribution is 7.99. The molecular weight excluding hydrogens is 348 g/mol. The molecular formula is C14H18N6O4S. The second kappa shape index (κ2) is 7.55. The van der Waals surface area contributed by atoms with Crippen LogP contribution >= 0.6 is 11.8 Å². The number of amides is 2. The van der Waals surface area contributed by atoms with E-state index in [9.17, 15) is 14.4 Å². The summed E-state index contributed by atoms with van der Waals surface area (Å²) >= 11 is 1.16. The Kier molecular flexibility index (Phi) is 5.22. The molecule has 0 saturated carbocycles. The Morgan fingerprint density at radius 3 is 2.72 bits per heavy atom. The first-order valence-electron chi connectivity index (χ1n) is 7.84. The lowest BCUT2D eigenvalue weighted by molar-refractivity contribution is -0.129. The second-order valence-electron chi connectivity index (χ2n) is 5.36. The number of H-pyrrole nitrogens is 2. The Labute approximate surface area is 146 Å². The van der Waals surface area contributed by atoms with Crippen molar-refractivity contribution in [3.05, 3.63) is 16.6 Å². The number of ether oxygens (including phenoxy) is 1.